The highest BCUT2D eigenvalue weighted by atomic mass is 35.5. The predicted molar refractivity (Wildman–Crippen MR) is 119 cm³/mol. The average Bonchev–Trinajstić information content (AvgIpc) is 3.29. The van der Waals surface area contributed by atoms with Crippen LogP contribution in [0.1, 0.15) is 35.2 Å². The molecule has 2 aromatic heterocycles. The van der Waals surface area contributed by atoms with Crippen molar-refractivity contribution in [1.82, 2.24) is 25.3 Å². The molecule has 0 bridgehead atoms. The van der Waals surface area contributed by atoms with Gasteiger partial charge < -0.3 is 10.3 Å². The number of aromatic amines is 1. The first kappa shape index (κ1) is 20.0. The van der Waals surface area contributed by atoms with Crippen molar-refractivity contribution < 1.29 is 4.79 Å². The number of aryl methyl sites for hydroxylation is 2. The van der Waals surface area contributed by atoms with Crippen molar-refractivity contribution in [3.05, 3.63) is 77.0 Å². The van der Waals surface area contributed by atoms with E-state index in [9.17, 15) is 4.79 Å². The number of imidazole rings is 1. The number of nitrogens with zero attached hydrogens (tertiary/aromatic N) is 3. The zero-order valence-electron chi connectivity index (χ0n) is 16.7. The first-order valence-electron chi connectivity index (χ1n) is 9.97. The van der Waals surface area contributed by atoms with Gasteiger partial charge in [-0.25, -0.2) is 15.0 Å². The van der Waals surface area contributed by atoms with Gasteiger partial charge in [-0.15, -0.1) is 0 Å². The monoisotopic (exact) mass is 419 g/mol. The van der Waals surface area contributed by atoms with Crippen molar-refractivity contribution in [1.29, 1.82) is 0 Å². The number of hydrogen-bond donors (Lipinski definition) is 2. The number of amides is 1. The number of H-pyrrole nitrogens is 1. The highest BCUT2D eigenvalue weighted by molar-refractivity contribution is 6.30. The fourth-order valence-corrected chi connectivity index (χ4v) is 3.45. The topological polar surface area (TPSA) is 83.6 Å². The number of benzene rings is 2. The first-order valence-corrected chi connectivity index (χ1v) is 10.3. The van der Waals surface area contributed by atoms with Crippen LogP contribution in [-0.2, 0) is 12.8 Å². The summed E-state index contributed by atoms with van der Waals surface area (Å²) >= 11 is 6.00. The van der Waals surface area contributed by atoms with Gasteiger partial charge in [-0.05, 0) is 49.2 Å². The molecule has 0 fully saturated rings. The van der Waals surface area contributed by atoms with Crippen LogP contribution in [0.3, 0.4) is 0 Å². The predicted octanol–water partition coefficient (Wildman–Crippen LogP) is 4.60. The lowest BCUT2D eigenvalue weighted by Crippen LogP contribution is -2.24. The summed E-state index contributed by atoms with van der Waals surface area (Å²) in [4.78, 5) is 29.3. The minimum Gasteiger partial charge on any atom is -0.352 e. The molecular formula is C23H22ClN5O. The smallest absolute Gasteiger partial charge is 0.251 e. The highest BCUT2D eigenvalue weighted by Crippen LogP contribution is 2.24. The quantitative estimate of drug-likeness (QED) is 0.429. The summed E-state index contributed by atoms with van der Waals surface area (Å²) in [6.07, 6.45) is 5.91. The Morgan fingerprint density at radius 1 is 1.13 bits per heavy atom. The van der Waals surface area contributed by atoms with Crippen LogP contribution >= 0.6 is 11.6 Å². The molecule has 0 radical (unpaired) electrons. The molecule has 2 aromatic carbocycles. The van der Waals surface area contributed by atoms with E-state index in [1.54, 1.807) is 12.4 Å². The van der Waals surface area contributed by atoms with E-state index in [4.69, 9.17) is 21.6 Å². The fourth-order valence-electron chi connectivity index (χ4n) is 3.33. The van der Waals surface area contributed by atoms with E-state index < -0.39 is 0 Å². The van der Waals surface area contributed by atoms with Crippen LogP contribution < -0.4 is 5.32 Å². The molecule has 4 aromatic rings. The Morgan fingerprint density at radius 3 is 2.70 bits per heavy atom. The molecule has 4 rings (SSSR count). The molecule has 0 saturated heterocycles. The van der Waals surface area contributed by atoms with Crippen molar-refractivity contribution in [3.63, 3.8) is 0 Å². The Hall–Kier alpha value is -3.25. The average molecular weight is 420 g/mol. The van der Waals surface area contributed by atoms with Crippen LogP contribution in [0.2, 0.25) is 5.02 Å². The first-order chi connectivity index (χ1) is 14.6. The van der Waals surface area contributed by atoms with Gasteiger partial charge in [0, 0.05) is 46.9 Å². The van der Waals surface area contributed by atoms with Crippen LogP contribution in [0.25, 0.3) is 22.3 Å². The van der Waals surface area contributed by atoms with Crippen LogP contribution in [0.15, 0.2) is 54.9 Å². The van der Waals surface area contributed by atoms with Crippen LogP contribution in [-0.4, -0.2) is 32.4 Å². The summed E-state index contributed by atoms with van der Waals surface area (Å²) < 4.78 is 0. The second-order valence-corrected chi connectivity index (χ2v) is 7.42. The van der Waals surface area contributed by atoms with Crippen LogP contribution in [0.4, 0.5) is 0 Å². The Balaban J connectivity index is 1.54. The Bertz CT molecular complexity index is 1160. The summed E-state index contributed by atoms with van der Waals surface area (Å²) in [6.45, 7) is 2.64. The number of fused-ring (bicyclic) bond motifs is 1. The van der Waals surface area contributed by atoms with Crippen LogP contribution in [0.5, 0.6) is 0 Å². The molecule has 0 aliphatic carbocycles. The van der Waals surface area contributed by atoms with Gasteiger partial charge in [-0.2, -0.15) is 0 Å². The van der Waals surface area contributed by atoms with E-state index in [1.807, 2.05) is 42.5 Å². The molecule has 0 aliphatic rings. The standard InChI is InChI=1S/C23H22ClN5O/c1-2-19-18-10-7-16(23(30)27-11-3-4-21-25-12-13-26-21)14-20(18)29-22(28-19)15-5-8-17(24)9-6-15/h5-10,12-14H,2-4,11H2,1H3,(H,25,26)(H,27,30). The van der Waals surface area contributed by atoms with Gasteiger partial charge >= 0.3 is 0 Å². The molecule has 0 spiro atoms. The van der Waals surface area contributed by atoms with E-state index in [0.717, 1.165) is 47.2 Å². The molecule has 2 heterocycles. The molecule has 7 heteroatoms. The van der Waals surface area contributed by atoms with Crippen molar-refractivity contribution in [3.8, 4) is 11.4 Å². The maximum atomic E-state index is 12.6. The fraction of sp³-hybridized carbons (Fsp3) is 0.217. The van der Waals surface area contributed by atoms with Crippen molar-refractivity contribution in [2.24, 2.45) is 0 Å². The molecule has 0 saturated carbocycles. The van der Waals surface area contributed by atoms with E-state index in [-0.39, 0.29) is 5.91 Å². The highest BCUT2D eigenvalue weighted by Gasteiger charge is 2.12. The van der Waals surface area contributed by atoms with Gasteiger partial charge in [0.25, 0.3) is 5.91 Å². The van der Waals surface area contributed by atoms with E-state index in [1.165, 1.54) is 0 Å². The lowest BCUT2D eigenvalue weighted by molar-refractivity contribution is 0.0953. The zero-order valence-corrected chi connectivity index (χ0v) is 17.4. The van der Waals surface area contributed by atoms with Crippen molar-refractivity contribution in [2.45, 2.75) is 26.2 Å². The molecule has 6 nitrogen and oxygen atoms in total. The maximum Gasteiger partial charge on any atom is 0.251 e. The van der Waals surface area contributed by atoms with E-state index >= 15 is 0 Å². The van der Waals surface area contributed by atoms with Gasteiger partial charge in [0.05, 0.1) is 11.2 Å². The van der Waals surface area contributed by atoms with Crippen LogP contribution in [0, 0.1) is 0 Å². The number of aromatic nitrogens is 4. The lowest BCUT2D eigenvalue weighted by Gasteiger charge is -2.10. The summed E-state index contributed by atoms with van der Waals surface area (Å²) in [6, 6.07) is 13.0. The number of carbonyl (C=O) groups excluding carboxylic acids is 1. The Kier molecular flexibility index (Phi) is 6.05. The molecule has 30 heavy (non-hydrogen) atoms. The molecule has 0 atom stereocenters. The lowest BCUT2D eigenvalue weighted by atomic mass is 10.1. The van der Waals surface area contributed by atoms with E-state index in [0.29, 0.717) is 23.0 Å². The van der Waals surface area contributed by atoms with Gasteiger partial charge in [0.2, 0.25) is 0 Å². The molecule has 152 valence electrons. The molecule has 0 aliphatic heterocycles. The number of hydrogen-bond acceptors (Lipinski definition) is 4. The number of carbonyl (C=O) groups is 1. The largest absolute Gasteiger partial charge is 0.352 e. The number of halogens is 1. The third-order valence-corrected chi connectivity index (χ3v) is 5.16. The maximum absolute atomic E-state index is 12.6. The van der Waals surface area contributed by atoms with Crippen molar-refractivity contribution in [2.75, 3.05) is 6.54 Å². The Morgan fingerprint density at radius 2 is 1.97 bits per heavy atom. The van der Waals surface area contributed by atoms with Gasteiger partial charge in [0.15, 0.2) is 5.82 Å². The minimum absolute atomic E-state index is 0.110. The summed E-state index contributed by atoms with van der Waals surface area (Å²) in [5.41, 5.74) is 3.19. The third kappa shape index (κ3) is 4.49. The molecule has 1 amide bonds. The summed E-state index contributed by atoms with van der Waals surface area (Å²) in [5.74, 6) is 1.45. The van der Waals surface area contributed by atoms with Gasteiger partial charge in [-0.1, -0.05) is 24.6 Å². The second-order valence-electron chi connectivity index (χ2n) is 6.98. The second kappa shape index (κ2) is 9.05. The molecule has 0 unspecified atom stereocenters. The van der Waals surface area contributed by atoms with E-state index in [2.05, 4.69) is 22.2 Å². The zero-order chi connectivity index (χ0) is 20.9. The Labute approximate surface area is 179 Å². The third-order valence-electron chi connectivity index (χ3n) is 4.91. The SMILES string of the molecule is CCc1nc(-c2ccc(Cl)cc2)nc2cc(C(=O)NCCCc3ncc[nH]3)ccc12. The number of rotatable bonds is 7. The minimum atomic E-state index is -0.110. The van der Waals surface area contributed by atoms with Gasteiger partial charge in [0.1, 0.15) is 5.82 Å². The number of nitrogens with one attached hydrogen (secondary N) is 2. The normalized spacial score (nSPS) is 11.0. The van der Waals surface area contributed by atoms with Crippen molar-refractivity contribution >= 4 is 28.4 Å². The molecule has 2 N–H and O–H groups in total. The molecular weight excluding hydrogens is 398 g/mol. The summed E-state index contributed by atoms with van der Waals surface area (Å²) in [5, 5.41) is 4.60. The van der Waals surface area contributed by atoms with Gasteiger partial charge in [-0.3, -0.25) is 4.79 Å². The summed E-state index contributed by atoms with van der Waals surface area (Å²) in [7, 11) is 0.